The number of methoxy groups -OCH3 is 2. The van der Waals surface area contributed by atoms with Crippen LogP contribution >= 0.6 is 34.8 Å². The highest BCUT2D eigenvalue weighted by Gasteiger charge is 2.22. The number of sulfonamides is 1. The largest absolute Gasteiger partial charge is 0.495 e. The van der Waals surface area contributed by atoms with Crippen LogP contribution in [0.15, 0.2) is 35.2 Å². The summed E-state index contributed by atoms with van der Waals surface area (Å²) in [7, 11) is -1.22. The molecular weight excluding hydrogens is 385 g/mol. The quantitative estimate of drug-likeness (QED) is 0.810. The lowest BCUT2D eigenvalue weighted by atomic mass is 10.3. The van der Waals surface area contributed by atoms with Crippen molar-refractivity contribution in [2.24, 2.45) is 0 Å². The van der Waals surface area contributed by atoms with E-state index in [1.54, 1.807) is 0 Å². The Balaban J connectivity index is 2.48. The molecule has 0 fully saturated rings. The summed E-state index contributed by atoms with van der Waals surface area (Å²) >= 11 is 17.7. The first-order valence-corrected chi connectivity index (χ1v) is 8.79. The van der Waals surface area contributed by atoms with Crippen molar-refractivity contribution < 1.29 is 17.9 Å². The van der Waals surface area contributed by atoms with Crippen LogP contribution in [-0.4, -0.2) is 22.6 Å². The van der Waals surface area contributed by atoms with E-state index in [0.29, 0.717) is 5.02 Å². The Morgan fingerprint density at radius 2 is 1.52 bits per heavy atom. The van der Waals surface area contributed by atoms with Gasteiger partial charge in [0.25, 0.3) is 10.0 Å². The number of anilines is 1. The third kappa shape index (κ3) is 3.95. The Kier molecular flexibility index (Phi) is 5.52. The standard InChI is InChI=1S/C14H12Cl3NO4S/c1-21-12-7-14(13(22-2)6-11(12)17)23(19,20)18-8-3-4-9(15)10(16)5-8/h3-7,18H,1-2H3. The number of ether oxygens (including phenoxy) is 2. The zero-order chi connectivity index (χ0) is 17.2. The monoisotopic (exact) mass is 395 g/mol. The van der Waals surface area contributed by atoms with Crippen LogP contribution < -0.4 is 14.2 Å². The van der Waals surface area contributed by atoms with Gasteiger partial charge in [-0.3, -0.25) is 4.72 Å². The first kappa shape index (κ1) is 18.0. The average Bonchev–Trinajstić information content (AvgIpc) is 2.50. The fraction of sp³-hybridized carbons (Fsp3) is 0.143. The lowest BCUT2D eigenvalue weighted by molar-refractivity contribution is 0.392. The smallest absolute Gasteiger partial charge is 0.265 e. The molecule has 1 N–H and O–H groups in total. The minimum absolute atomic E-state index is 0.0864. The van der Waals surface area contributed by atoms with Crippen LogP contribution in [0.25, 0.3) is 0 Å². The van der Waals surface area contributed by atoms with Crippen molar-refractivity contribution in [3.63, 3.8) is 0 Å². The molecular formula is C14H12Cl3NO4S. The molecule has 0 heterocycles. The van der Waals surface area contributed by atoms with E-state index >= 15 is 0 Å². The molecule has 0 spiro atoms. The summed E-state index contributed by atoms with van der Waals surface area (Å²) in [5, 5.41) is 0.783. The van der Waals surface area contributed by atoms with Gasteiger partial charge < -0.3 is 9.47 Å². The molecule has 2 aromatic rings. The van der Waals surface area contributed by atoms with E-state index in [0.717, 1.165) is 0 Å². The summed E-state index contributed by atoms with van der Waals surface area (Å²) in [6.45, 7) is 0. The van der Waals surface area contributed by atoms with Gasteiger partial charge in [-0.15, -0.1) is 0 Å². The van der Waals surface area contributed by atoms with Crippen LogP contribution in [0.5, 0.6) is 11.5 Å². The molecule has 0 unspecified atom stereocenters. The fourth-order valence-corrected chi connectivity index (χ4v) is 3.56. The number of hydrogen-bond donors (Lipinski definition) is 1. The Labute approximate surface area is 149 Å². The molecule has 0 amide bonds. The van der Waals surface area contributed by atoms with Gasteiger partial charge >= 0.3 is 0 Å². The van der Waals surface area contributed by atoms with Crippen LogP contribution in [0.4, 0.5) is 5.69 Å². The van der Waals surface area contributed by atoms with Crippen LogP contribution in [0.2, 0.25) is 15.1 Å². The van der Waals surface area contributed by atoms with Gasteiger partial charge in [0.2, 0.25) is 0 Å². The molecule has 0 aliphatic heterocycles. The Hall–Kier alpha value is -1.34. The summed E-state index contributed by atoms with van der Waals surface area (Å²) in [5.74, 6) is 0.297. The SMILES string of the molecule is COc1cc(S(=O)(=O)Nc2ccc(Cl)c(Cl)c2)c(OC)cc1Cl. The average molecular weight is 397 g/mol. The predicted molar refractivity (Wildman–Crippen MR) is 91.8 cm³/mol. The third-order valence-corrected chi connectivity index (χ3v) is 5.34. The lowest BCUT2D eigenvalue weighted by Gasteiger charge is -2.14. The van der Waals surface area contributed by atoms with E-state index in [9.17, 15) is 8.42 Å². The summed E-state index contributed by atoms with van der Waals surface area (Å²) in [6, 6.07) is 7.03. The van der Waals surface area contributed by atoms with Crippen LogP contribution in [0.3, 0.4) is 0 Å². The maximum atomic E-state index is 12.6. The van der Waals surface area contributed by atoms with Crippen molar-refractivity contribution in [2.75, 3.05) is 18.9 Å². The second kappa shape index (κ2) is 7.05. The molecule has 0 aliphatic carbocycles. The molecule has 2 rings (SSSR count). The molecule has 0 saturated carbocycles. The normalized spacial score (nSPS) is 11.2. The van der Waals surface area contributed by atoms with Crippen molar-refractivity contribution in [1.82, 2.24) is 0 Å². The van der Waals surface area contributed by atoms with Crippen molar-refractivity contribution >= 4 is 50.5 Å². The highest BCUT2D eigenvalue weighted by Crippen LogP contribution is 2.36. The lowest BCUT2D eigenvalue weighted by Crippen LogP contribution is -2.14. The summed E-state index contributed by atoms with van der Waals surface area (Å²) in [5.41, 5.74) is 0.260. The molecule has 0 aromatic heterocycles. The topological polar surface area (TPSA) is 64.6 Å². The van der Waals surface area contributed by atoms with Crippen LogP contribution in [-0.2, 0) is 10.0 Å². The number of hydrogen-bond acceptors (Lipinski definition) is 4. The Bertz CT molecular complexity index is 840. The molecule has 5 nitrogen and oxygen atoms in total. The van der Waals surface area contributed by atoms with Crippen molar-refractivity contribution in [2.45, 2.75) is 4.90 Å². The van der Waals surface area contributed by atoms with E-state index < -0.39 is 10.0 Å². The zero-order valence-corrected chi connectivity index (χ0v) is 15.1. The Morgan fingerprint density at radius 1 is 0.870 bits per heavy atom. The third-order valence-electron chi connectivity index (χ3n) is 2.90. The molecule has 9 heteroatoms. The maximum absolute atomic E-state index is 12.6. The molecule has 2 aromatic carbocycles. The highest BCUT2D eigenvalue weighted by atomic mass is 35.5. The van der Waals surface area contributed by atoms with E-state index in [1.807, 2.05) is 0 Å². The maximum Gasteiger partial charge on any atom is 0.265 e. The minimum Gasteiger partial charge on any atom is -0.495 e. The van der Waals surface area contributed by atoms with Gasteiger partial charge in [-0.2, -0.15) is 0 Å². The Morgan fingerprint density at radius 3 is 2.09 bits per heavy atom. The van der Waals surface area contributed by atoms with Crippen LogP contribution in [0, 0.1) is 0 Å². The first-order valence-electron chi connectivity index (χ1n) is 6.18. The van der Waals surface area contributed by atoms with Gasteiger partial charge in [0.05, 0.1) is 35.0 Å². The second-order valence-electron chi connectivity index (χ2n) is 4.37. The van der Waals surface area contributed by atoms with Crippen LogP contribution in [0.1, 0.15) is 0 Å². The molecule has 124 valence electrons. The number of halogens is 3. The number of nitrogens with one attached hydrogen (secondary N) is 1. The van der Waals surface area contributed by atoms with Gasteiger partial charge in [0, 0.05) is 12.1 Å². The highest BCUT2D eigenvalue weighted by molar-refractivity contribution is 7.92. The van der Waals surface area contributed by atoms with E-state index in [1.165, 1.54) is 44.6 Å². The van der Waals surface area contributed by atoms with Crippen molar-refractivity contribution in [1.29, 1.82) is 0 Å². The molecule has 0 atom stereocenters. The zero-order valence-electron chi connectivity index (χ0n) is 12.1. The van der Waals surface area contributed by atoms with Gasteiger partial charge in [-0.05, 0) is 18.2 Å². The first-order chi connectivity index (χ1) is 10.8. The van der Waals surface area contributed by atoms with Gasteiger partial charge in [0.15, 0.2) is 0 Å². The second-order valence-corrected chi connectivity index (χ2v) is 7.24. The molecule has 0 radical (unpaired) electrons. The number of rotatable bonds is 5. The van der Waals surface area contributed by atoms with Gasteiger partial charge in [-0.25, -0.2) is 8.42 Å². The van der Waals surface area contributed by atoms with E-state index in [-0.39, 0.29) is 32.1 Å². The number of benzene rings is 2. The fourth-order valence-electron chi connectivity index (χ4n) is 1.81. The van der Waals surface area contributed by atoms with Crippen molar-refractivity contribution in [3.8, 4) is 11.5 Å². The van der Waals surface area contributed by atoms with E-state index in [2.05, 4.69) is 4.72 Å². The summed E-state index contributed by atoms with van der Waals surface area (Å²) < 4.78 is 37.7. The molecule has 0 bridgehead atoms. The van der Waals surface area contributed by atoms with Gasteiger partial charge in [0.1, 0.15) is 16.4 Å². The van der Waals surface area contributed by atoms with E-state index in [4.69, 9.17) is 44.3 Å². The van der Waals surface area contributed by atoms with Crippen molar-refractivity contribution in [3.05, 3.63) is 45.4 Å². The predicted octanol–water partition coefficient (Wildman–Crippen LogP) is 4.46. The summed E-state index contributed by atoms with van der Waals surface area (Å²) in [6.07, 6.45) is 0. The van der Waals surface area contributed by atoms with Gasteiger partial charge in [-0.1, -0.05) is 34.8 Å². The minimum atomic E-state index is -3.95. The summed E-state index contributed by atoms with van der Waals surface area (Å²) in [4.78, 5) is -0.118. The molecule has 0 saturated heterocycles. The molecule has 0 aliphatic rings. The molecule has 23 heavy (non-hydrogen) atoms.